The number of carbonyl (C=O) groups excluding carboxylic acids is 2. The molecule has 1 aliphatic heterocycles. The number of anilines is 1. The van der Waals surface area contributed by atoms with Gasteiger partial charge in [0.1, 0.15) is 5.82 Å². The second kappa shape index (κ2) is 7.85. The number of nitrogens with two attached hydrogens (primary N) is 1. The van der Waals surface area contributed by atoms with E-state index in [4.69, 9.17) is 5.73 Å². The SMILES string of the molecule is Cn1cc(CCNC(=O)N2CCN(c3ncccc3C(N)=O)CC2)cn1. The number of hydrogen-bond acceptors (Lipinski definition) is 5. The summed E-state index contributed by atoms with van der Waals surface area (Å²) in [5, 5.41) is 7.05. The fourth-order valence-corrected chi connectivity index (χ4v) is 2.99. The van der Waals surface area contributed by atoms with Crippen LogP contribution >= 0.6 is 0 Å². The molecule has 2 aromatic heterocycles. The molecule has 1 saturated heterocycles. The van der Waals surface area contributed by atoms with E-state index >= 15 is 0 Å². The van der Waals surface area contributed by atoms with Gasteiger partial charge in [0.25, 0.3) is 5.91 Å². The molecule has 3 N–H and O–H groups in total. The minimum absolute atomic E-state index is 0.0790. The lowest BCUT2D eigenvalue weighted by atomic mass is 10.2. The first kappa shape index (κ1) is 17.7. The maximum atomic E-state index is 12.3. The summed E-state index contributed by atoms with van der Waals surface area (Å²) in [6.07, 6.45) is 6.12. The van der Waals surface area contributed by atoms with Crippen molar-refractivity contribution in [3.05, 3.63) is 41.9 Å². The van der Waals surface area contributed by atoms with Crippen LogP contribution in [0, 0.1) is 0 Å². The van der Waals surface area contributed by atoms with Crippen LogP contribution in [0.1, 0.15) is 15.9 Å². The number of piperazine rings is 1. The molecule has 3 amide bonds. The fraction of sp³-hybridized carbons (Fsp3) is 0.412. The maximum Gasteiger partial charge on any atom is 0.317 e. The number of amides is 3. The van der Waals surface area contributed by atoms with Gasteiger partial charge >= 0.3 is 6.03 Å². The normalized spacial score (nSPS) is 14.3. The van der Waals surface area contributed by atoms with E-state index < -0.39 is 5.91 Å². The number of primary amides is 1. The first-order valence-electron chi connectivity index (χ1n) is 8.54. The number of nitrogens with one attached hydrogen (secondary N) is 1. The van der Waals surface area contributed by atoms with Crippen molar-refractivity contribution in [2.75, 3.05) is 37.6 Å². The van der Waals surface area contributed by atoms with Crippen LogP contribution in [0.25, 0.3) is 0 Å². The van der Waals surface area contributed by atoms with Gasteiger partial charge in [0.2, 0.25) is 0 Å². The standard InChI is InChI=1S/C17H23N7O2/c1-22-12-13(11-21-22)4-6-20-17(26)24-9-7-23(8-10-24)16-14(15(18)25)3-2-5-19-16/h2-3,5,11-12H,4,6-10H2,1H3,(H2,18,25)(H,20,26). The van der Waals surface area contributed by atoms with Crippen molar-refractivity contribution < 1.29 is 9.59 Å². The molecular formula is C17H23N7O2. The number of hydrogen-bond donors (Lipinski definition) is 2. The van der Waals surface area contributed by atoms with Crippen LogP contribution < -0.4 is 16.0 Å². The first-order chi connectivity index (χ1) is 12.5. The van der Waals surface area contributed by atoms with Crippen molar-refractivity contribution in [1.29, 1.82) is 0 Å². The Labute approximate surface area is 151 Å². The Bertz CT molecular complexity index is 781. The van der Waals surface area contributed by atoms with Gasteiger partial charge in [-0.3, -0.25) is 9.48 Å². The highest BCUT2D eigenvalue weighted by atomic mass is 16.2. The molecule has 0 aromatic carbocycles. The third-order valence-corrected chi connectivity index (χ3v) is 4.37. The second-order valence-corrected chi connectivity index (χ2v) is 6.22. The molecule has 0 radical (unpaired) electrons. The molecule has 0 unspecified atom stereocenters. The number of nitrogens with zero attached hydrogens (tertiary/aromatic N) is 5. The third-order valence-electron chi connectivity index (χ3n) is 4.37. The van der Waals surface area contributed by atoms with Gasteiger partial charge in [-0.15, -0.1) is 0 Å². The van der Waals surface area contributed by atoms with E-state index in [1.807, 2.05) is 18.1 Å². The molecular weight excluding hydrogens is 334 g/mol. The van der Waals surface area contributed by atoms with Gasteiger partial charge in [0.05, 0.1) is 11.8 Å². The summed E-state index contributed by atoms with van der Waals surface area (Å²) in [5.41, 5.74) is 6.91. The maximum absolute atomic E-state index is 12.3. The van der Waals surface area contributed by atoms with E-state index in [0.29, 0.717) is 44.1 Å². The van der Waals surface area contributed by atoms with Crippen LogP contribution in [0.3, 0.4) is 0 Å². The van der Waals surface area contributed by atoms with Gasteiger partial charge in [-0.05, 0) is 24.1 Å². The second-order valence-electron chi connectivity index (χ2n) is 6.22. The summed E-state index contributed by atoms with van der Waals surface area (Å²) in [7, 11) is 1.87. The number of urea groups is 1. The zero-order valence-electron chi connectivity index (χ0n) is 14.8. The van der Waals surface area contributed by atoms with E-state index in [-0.39, 0.29) is 6.03 Å². The number of rotatable bonds is 5. The summed E-state index contributed by atoms with van der Waals surface area (Å²) in [5.74, 6) is 0.0836. The van der Waals surface area contributed by atoms with E-state index in [1.165, 1.54) is 0 Å². The van der Waals surface area contributed by atoms with E-state index in [0.717, 1.165) is 12.0 Å². The molecule has 9 nitrogen and oxygen atoms in total. The van der Waals surface area contributed by atoms with Crippen LogP contribution in [-0.2, 0) is 13.5 Å². The van der Waals surface area contributed by atoms with Gasteiger partial charge < -0.3 is 20.9 Å². The largest absolute Gasteiger partial charge is 0.365 e. The van der Waals surface area contributed by atoms with Gasteiger partial charge in [0.15, 0.2) is 0 Å². The highest BCUT2D eigenvalue weighted by molar-refractivity contribution is 5.97. The fourth-order valence-electron chi connectivity index (χ4n) is 2.99. The topological polar surface area (TPSA) is 109 Å². The van der Waals surface area contributed by atoms with E-state index in [9.17, 15) is 9.59 Å². The molecule has 3 rings (SSSR count). The van der Waals surface area contributed by atoms with Gasteiger partial charge in [0, 0.05) is 52.2 Å². The molecule has 2 aromatic rings. The summed E-state index contributed by atoms with van der Waals surface area (Å²) in [6, 6.07) is 3.28. The van der Waals surface area contributed by atoms with Gasteiger partial charge in [-0.1, -0.05) is 0 Å². The summed E-state index contributed by atoms with van der Waals surface area (Å²) in [6.45, 7) is 2.90. The lowest BCUT2D eigenvalue weighted by molar-refractivity contribution is 0.1000. The predicted octanol–water partition coefficient (Wildman–Crippen LogP) is -0.0117. The molecule has 0 saturated carbocycles. The van der Waals surface area contributed by atoms with Gasteiger partial charge in [-0.25, -0.2) is 9.78 Å². The Balaban J connectivity index is 1.49. The van der Waals surface area contributed by atoms with Crippen LogP contribution in [0.2, 0.25) is 0 Å². The number of aromatic nitrogens is 3. The van der Waals surface area contributed by atoms with Crippen molar-refractivity contribution in [1.82, 2.24) is 25.0 Å². The Morgan fingerprint density at radius 3 is 2.69 bits per heavy atom. The molecule has 1 fully saturated rings. The number of carbonyl (C=O) groups is 2. The Morgan fingerprint density at radius 1 is 1.27 bits per heavy atom. The summed E-state index contributed by atoms with van der Waals surface area (Å²) >= 11 is 0. The zero-order valence-corrected chi connectivity index (χ0v) is 14.8. The van der Waals surface area contributed by atoms with Crippen molar-refractivity contribution in [3.63, 3.8) is 0 Å². The van der Waals surface area contributed by atoms with Crippen molar-refractivity contribution >= 4 is 17.8 Å². The number of aryl methyl sites for hydroxylation is 1. The minimum atomic E-state index is -0.497. The van der Waals surface area contributed by atoms with Crippen LogP contribution in [0.4, 0.5) is 10.6 Å². The third kappa shape index (κ3) is 4.11. The van der Waals surface area contributed by atoms with Crippen molar-refractivity contribution in [3.8, 4) is 0 Å². The predicted molar refractivity (Wildman–Crippen MR) is 96.9 cm³/mol. The smallest absolute Gasteiger partial charge is 0.317 e. The minimum Gasteiger partial charge on any atom is -0.365 e. The monoisotopic (exact) mass is 357 g/mol. The highest BCUT2D eigenvalue weighted by Crippen LogP contribution is 2.18. The Hall–Kier alpha value is -3.10. The lowest BCUT2D eigenvalue weighted by Gasteiger charge is -2.35. The molecule has 0 bridgehead atoms. The van der Waals surface area contributed by atoms with Crippen LogP contribution in [0.5, 0.6) is 0 Å². The molecule has 0 spiro atoms. The molecule has 138 valence electrons. The van der Waals surface area contributed by atoms with Crippen molar-refractivity contribution in [2.24, 2.45) is 12.8 Å². The molecule has 26 heavy (non-hydrogen) atoms. The average molecular weight is 357 g/mol. The van der Waals surface area contributed by atoms with Crippen molar-refractivity contribution in [2.45, 2.75) is 6.42 Å². The molecule has 9 heteroatoms. The molecule has 3 heterocycles. The lowest BCUT2D eigenvalue weighted by Crippen LogP contribution is -2.52. The van der Waals surface area contributed by atoms with Gasteiger partial charge in [-0.2, -0.15) is 5.10 Å². The quantitative estimate of drug-likeness (QED) is 0.782. The van der Waals surface area contributed by atoms with Crippen LogP contribution in [-0.4, -0.2) is 64.3 Å². The average Bonchev–Trinajstić information content (AvgIpc) is 3.07. The van der Waals surface area contributed by atoms with E-state index in [2.05, 4.69) is 15.4 Å². The van der Waals surface area contributed by atoms with Crippen LogP contribution in [0.15, 0.2) is 30.7 Å². The number of pyridine rings is 1. The molecule has 0 aliphatic carbocycles. The molecule has 1 aliphatic rings. The Morgan fingerprint density at radius 2 is 2.04 bits per heavy atom. The van der Waals surface area contributed by atoms with E-state index in [1.54, 1.807) is 34.1 Å². The highest BCUT2D eigenvalue weighted by Gasteiger charge is 2.24. The summed E-state index contributed by atoms with van der Waals surface area (Å²) < 4.78 is 1.74. The Kier molecular flexibility index (Phi) is 5.35. The summed E-state index contributed by atoms with van der Waals surface area (Å²) in [4.78, 5) is 31.9. The molecule has 0 atom stereocenters. The first-order valence-corrected chi connectivity index (χ1v) is 8.54. The zero-order chi connectivity index (χ0) is 18.5.